The smallest absolute Gasteiger partial charge is 0.147 e. The summed E-state index contributed by atoms with van der Waals surface area (Å²) in [5.41, 5.74) is 6.75. The quantitative estimate of drug-likeness (QED) is 0.781. The van der Waals surface area contributed by atoms with Gasteiger partial charge in [0.25, 0.3) is 0 Å². The summed E-state index contributed by atoms with van der Waals surface area (Å²) in [4.78, 5) is 1.95. The second kappa shape index (κ2) is 4.50. The van der Waals surface area contributed by atoms with Crippen LogP contribution in [0.1, 0.15) is 18.4 Å². The van der Waals surface area contributed by atoms with Crippen LogP contribution in [0.5, 0.6) is 0 Å². The van der Waals surface area contributed by atoms with Crippen LogP contribution in [-0.2, 0) is 0 Å². The number of anilines is 1. The molecule has 2 rings (SSSR count). The first-order chi connectivity index (χ1) is 7.70. The highest BCUT2D eigenvalue weighted by atomic mass is 19.1. The fraction of sp³-hybridized carbons (Fsp3) is 0.417. The van der Waals surface area contributed by atoms with Crippen molar-refractivity contribution in [1.82, 2.24) is 0 Å². The van der Waals surface area contributed by atoms with Crippen LogP contribution >= 0.6 is 0 Å². The van der Waals surface area contributed by atoms with Crippen molar-refractivity contribution in [1.29, 1.82) is 5.26 Å². The van der Waals surface area contributed by atoms with Crippen LogP contribution in [0.4, 0.5) is 10.1 Å². The minimum atomic E-state index is -0.340. The lowest BCUT2D eigenvalue weighted by atomic mass is 10.1. The minimum Gasteiger partial charge on any atom is -0.368 e. The van der Waals surface area contributed by atoms with Crippen molar-refractivity contribution in [2.24, 2.45) is 5.73 Å². The maximum Gasteiger partial charge on any atom is 0.147 e. The van der Waals surface area contributed by atoms with E-state index >= 15 is 0 Å². The topological polar surface area (TPSA) is 53.0 Å². The van der Waals surface area contributed by atoms with E-state index in [-0.39, 0.29) is 11.9 Å². The van der Waals surface area contributed by atoms with Gasteiger partial charge in [0, 0.05) is 19.1 Å². The predicted molar refractivity (Wildman–Crippen MR) is 60.5 cm³/mol. The Balaban J connectivity index is 2.23. The molecule has 2 N–H and O–H groups in total. The number of piperidine rings is 1. The SMILES string of the molecule is N#Cc1ccc(N2CCCC(N)C2)c(F)c1. The van der Waals surface area contributed by atoms with Crippen molar-refractivity contribution in [3.8, 4) is 6.07 Å². The molecule has 1 aromatic carbocycles. The maximum absolute atomic E-state index is 13.7. The highest BCUT2D eigenvalue weighted by Crippen LogP contribution is 2.23. The molecule has 0 aromatic heterocycles. The number of nitrogens with zero attached hydrogens (tertiary/aromatic N) is 2. The molecule has 0 saturated carbocycles. The van der Waals surface area contributed by atoms with Gasteiger partial charge in [-0.3, -0.25) is 0 Å². The van der Waals surface area contributed by atoms with Gasteiger partial charge in [-0.15, -0.1) is 0 Å². The third-order valence-electron chi connectivity index (χ3n) is 2.88. The lowest BCUT2D eigenvalue weighted by molar-refractivity contribution is 0.498. The summed E-state index contributed by atoms with van der Waals surface area (Å²) in [5, 5.41) is 8.66. The van der Waals surface area contributed by atoms with Gasteiger partial charge in [0.2, 0.25) is 0 Å². The van der Waals surface area contributed by atoms with Gasteiger partial charge >= 0.3 is 0 Å². The van der Waals surface area contributed by atoms with Crippen molar-refractivity contribution in [2.75, 3.05) is 18.0 Å². The van der Waals surface area contributed by atoms with Gasteiger partial charge < -0.3 is 10.6 Å². The molecule has 1 unspecified atom stereocenters. The number of hydrogen-bond donors (Lipinski definition) is 1. The van der Waals surface area contributed by atoms with Crippen LogP contribution in [0.2, 0.25) is 0 Å². The maximum atomic E-state index is 13.7. The number of halogens is 1. The van der Waals surface area contributed by atoms with Gasteiger partial charge in [-0.25, -0.2) is 4.39 Å². The fourth-order valence-corrected chi connectivity index (χ4v) is 2.06. The third-order valence-corrected chi connectivity index (χ3v) is 2.88. The lowest BCUT2D eigenvalue weighted by Crippen LogP contribution is -2.43. The van der Waals surface area contributed by atoms with Gasteiger partial charge in [0.05, 0.1) is 17.3 Å². The average molecular weight is 219 g/mol. The van der Waals surface area contributed by atoms with E-state index in [1.165, 1.54) is 6.07 Å². The van der Waals surface area contributed by atoms with E-state index in [1.54, 1.807) is 12.1 Å². The molecule has 1 aliphatic heterocycles. The summed E-state index contributed by atoms with van der Waals surface area (Å²) in [6, 6.07) is 6.61. The highest BCUT2D eigenvalue weighted by Gasteiger charge is 2.19. The van der Waals surface area contributed by atoms with Crippen molar-refractivity contribution in [2.45, 2.75) is 18.9 Å². The summed E-state index contributed by atoms with van der Waals surface area (Å²) < 4.78 is 13.7. The molecule has 0 amide bonds. The van der Waals surface area contributed by atoms with Crippen molar-refractivity contribution >= 4 is 5.69 Å². The average Bonchev–Trinajstić information content (AvgIpc) is 2.28. The van der Waals surface area contributed by atoms with Gasteiger partial charge in [-0.2, -0.15) is 5.26 Å². The van der Waals surface area contributed by atoms with Gasteiger partial charge in [0.15, 0.2) is 0 Å². The van der Waals surface area contributed by atoms with Gasteiger partial charge in [-0.1, -0.05) is 0 Å². The third kappa shape index (κ3) is 2.15. The first kappa shape index (κ1) is 10.9. The molecule has 0 bridgehead atoms. The summed E-state index contributed by atoms with van der Waals surface area (Å²) in [6.45, 7) is 1.51. The number of rotatable bonds is 1. The van der Waals surface area contributed by atoms with Crippen LogP contribution in [0, 0.1) is 17.1 Å². The summed E-state index contributed by atoms with van der Waals surface area (Å²) in [6.07, 6.45) is 1.98. The molecule has 1 aromatic rings. The summed E-state index contributed by atoms with van der Waals surface area (Å²) >= 11 is 0. The van der Waals surface area contributed by atoms with Gasteiger partial charge in [0.1, 0.15) is 5.82 Å². The molecular weight excluding hydrogens is 205 g/mol. The number of benzene rings is 1. The van der Waals surface area contributed by atoms with Crippen LogP contribution in [0.15, 0.2) is 18.2 Å². The Bertz CT molecular complexity index is 425. The van der Waals surface area contributed by atoms with Gasteiger partial charge in [-0.05, 0) is 31.0 Å². The number of hydrogen-bond acceptors (Lipinski definition) is 3. The Hall–Kier alpha value is -1.60. The molecule has 1 atom stereocenters. The van der Waals surface area contributed by atoms with Crippen molar-refractivity contribution in [3.05, 3.63) is 29.6 Å². The summed E-state index contributed by atoms with van der Waals surface area (Å²) in [7, 11) is 0. The molecule has 1 saturated heterocycles. The Morgan fingerprint density at radius 3 is 2.94 bits per heavy atom. The molecular formula is C12H14FN3. The zero-order valence-electron chi connectivity index (χ0n) is 8.99. The monoisotopic (exact) mass is 219 g/mol. The predicted octanol–water partition coefficient (Wildman–Crippen LogP) is 1.62. The Kier molecular flexibility index (Phi) is 3.07. The Morgan fingerprint density at radius 2 is 2.31 bits per heavy atom. The molecule has 4 heteroatoms. The highest BCUT2D eigenvalue weighted by molar-refractivity contribution is 5.51. The lowest BCUT2D eigenvalue weighted by Gasteiger charge is -2.32. The van der Waals surface area contributed by atoms with Crippen LogP contribution in [0.25, 0.3) is 0 Å². The second-order valence-corrected chi connectivity index (χ2v) is 4.13. The van der Waals surface area contributed by atoms with E-state index in [4.69, 9.17) is 11.0 Å². The standard InChI is InChI=1S/C12H14FN3/c13-11-6-9(7-14)3-4-12(11)16-5-1-2-10(15)8-16/h3-4,6,10H,1-2,5,8,15H2. The van der Waals surface area contributed by atoms with E-state index in [9.17, 15) is 4.39 Å². The van der Waals surface area contributed by atoms with Crippen LogP contribution < -0.4 is 10.6 Å². The molecule has 1 heterocycles. The van der Waals surface area contributed by atoms with E-state index in [2.05, 4.69) is 0 Å². The van der Waals surface area contributed by atoms with E-state index in [0.29, 0.717) is 17.8 Å². The largest absolute Gasteiger partial charge is 0.368 e. The van der Waals surface area contributed by atoms with Crippen LogP contribution in [-0.4, -0.2) is 19.1 Å². The Morgan fingerprint density at radius 1 is 1.50 bits per heavy atom. The first-order valence-electron chi connectivity index (χ1n) is 5.41. The zero-order valence-corrected chi connectivity index (χ0v) is 8.99. The zero-order chi connectivity index (χ0) is 11.5. The second-order valence-electron chi connectivity index (χ2n) is 4.13. The van der Waals surface area contributed by atoms with Crippen LogP contribution in [0.3, 0.4) is 0 Å². The van der Waals surface area contributed by atoms with Crippen molar-refractivity contribution < 1.29 is 4.39 Å². The molecule has 3 nitrogen and oxygen atoms in total. The molecule has 16 heavy (non-hydrogen) atoms. The minimum absolute atomic E-state index is 0.115. The fourth-order valence-electron chi connectivity index (χ4n) is 2.06. The molecule has 0 radical (unpaired) electrons. The normalized spacial score (nSPS) is 20.6. The molecule has 1 fully saturated rings. The molecule has 1 aliphatic rings. The molecule has 84 valence electrons. The number of nitriles is 1. The van der Waals surface area contributed by atoms with E-state index < -0.39 is 0 Å². The van der Waals surface area contributed by atoms with E-state index in [1.807, 2.05) is 11.0 Å². The molecule has 0 spiro atoms. The number of nitrogens with two attached hydrogens (primary N) is 1. The Labute approximate surface area is 94.3 Å². The summed E-state index contributed by atoms with van der Waals surface area (Å²) in [5.74, 6) is -0.340. The van der Waals surface area contributed by atoms with Crippen molar-refractivity contribution in [3.63, 3.8) is 0 Å². The molecule has 0 aliphatic carbocycles. The van der Waals surface area contributed by atoms with E-state index in [0.717, 1.165) is 19.4 Å². The first-order valence-corrected chi connectivity index (χ1v) is 5.41.